The van der Waals surface area contributed by atoms with Gasteiger partial charge in [-0.3, -0.25) is 19.6 Å². The van der Waals surface area contributed by atoms with E-state index in [9.17, 15) is 4.79 Å². The van der Waals surface area contributed by atoms with Crippen LogP contribution in [0.3, 0.4) is 0 Å². The van der Waals surface area contributed by atoms with Crippen LogP contribution in [0.5, 0.6) is 0 Å². The molecule has 2 saturated heterocycles. The molecule has 2 aromatic rings. The van der Waals surface area contributed by atoms with Crippen molar-refractivity contribution >= 4 is 23.3 Å². The van der Waals surface area contributed by atoms with E-state index in [-0.39, 0.29) is 18.4 Å². The monoisotopic (exact) mass is 330 g/mol. The molecule has 3 heterocycles. The van der Waals surface area contributed by atoms with Gasteiger partial charge in [0.1, 0.15) is 0 Å². The highest BCUT2D eigenvalue weighted by molar-refractivity contribution is 6.04. The first-order valence-corrected chi connectivity index (χ1v) is 8.28. The van der Waals surface area contributed by atoms with E-state index < -0.39 is 0 Å². The number of carbonyl (C=O) groups is 2. The number of aromatic amines is 1. The molecule has 7 heteroatoms. The fraction of sp³-hybridized carbons (Fsp3) is 0.471. The van der Waals surface area contributed by atoms with E-state index in [2.05, 4.69) is 20.4 Å². The van der Waals surface area contributed by atoms with Crippen LogP contribution in [-0.4, -0.2) is 57.8 Å². The van der Waals surface area contributed by atoms with Crippen molar-refractivity contribution in [2.24, 2.45) is 0 Å². The van der Waals surface area contributed by atoms with Crippen molar-refractivity contribution in [1.29, 1.82) is 0 Å². The summed E-state index contributed by atoms with van der Waals surface area (Å²) < 4.78 is 0. The molecule has 4 rings (SSSR count). The zero-order valence-corrected chi connectivity index (χ0v) is 13.4. The second kappa shape index (κ2) is 7.44. The number of amides is 1. The van der Waals surface area contributed by atoms with Gasteiger partial charge in [0.15, 0.2) is 5.69 Å². The van der Waals surface area contributed by atoms with Crippen molar-refractivity contribution in [3.63, 3.8) is 0 Å². The maximum absolute atomic E-state index is 12.5. The highest BCUT2D eigenvalue weighted by Gasteiger charge is 2.32. The first-order chi connectivity index (χ1) is 11.7. The number of nitrogens with one attached hydrogen (secondary N) is 2. The van der Waals surface area contributed by atoms with Crippen molar-refractivity contribution in [3.05, 3.63) is 30.0 Å². The Kier molecular flexibility index (Phi) is 5.10. The zero-order valence-electron chi connectivity index (χ0n) is 13.4. The Morgan fingerprint density at radius 2 is 2.12 bits per heavy atom. The minimum atomic E-state index is -0.250. The predicted molar refractivity (Wildman–Crippen MR) is 89.9 cm³/mol. The molecule has 24 heavy (non-hydrogen) atoms. The van der Waals surface area contributed by atoms with Gasteiger partial charge in [0, 0.05) is 24.0 Å². The summed E-state index contributed by atoms with van der Waals surface area (Å²) in [5, 5.41) is 18.0. The third-order valence-corrected chi connectivity index (χ3v) is 4.82. The lowest BCUT2D eigenvalue weighted by atomic mass is 9.99. The summed E-state index contributed by atoms with van der Waals surface area (Å²) in [4.78, 5) is 23.4. The molecule has 1 aromatic carbocycles. The molecule has 0 radical (unpaired) electrons. The number of aromatic nitrogens is 2. The van der Waals surface area contributed by atoms with E-state index >= 15 is 0 Å². The highest BCUT2D eigenvalue weighted by Crippen LogP contribution is 2.27. The lowest BCUT2D eigenvalue weighted by Gasteiger charge is -2.35. The number of benzene rings is 1. The Balaban J connectivity index is 0.000000526. The number of nitrogens with zero attached hydrogens (tertiary/aromatic N) is 2. The molecule has 0 bridgehead atoms. The van der Waals surface area contributed by atoms with Crippen LogP contribution < -0.4 is 5.32 Å². The van der Waals surface area contributed by atoms with Crippen molar-refractivity contribution in [2.45, 2.75) is 37.8 Å². The van der Waals surface area contributed by atoms with Gasteiger partial charge in [-0.2, -0.15) is 5.10 Å². The standard InChI is InChI=1S/C16H20N4O.CH2O2/c21-16(15-13-5-1-2-6-14(13)18-19-15)17-11-7-8-12-4-3-9-20(12)10-11;2-1-3/h1-2,5-6,11-12H,3-4,7-10H2,(H,17,21)(H,18,19);1H,(H,2,3)/t11-,12-;/m0./s1. The molecule has 0 spiro atoms. The molecule has 3 N–H and O–H groups in total. The van der Waals surface area contributed by atoms with Gasteiger partial charge in [0.05, 0.1) is 5.52 Å². The Hall–Kier alpha value is -2.41. The molecule has 2 aliphatic heterocycles. The molecule has 0 unspecified atom stereocenters. The van der Waals surface area contributed by atoms with Gasteiger partial charge in [0.25, 0.3) is 12.4 Å². The van der Waals surface area contributed by atoms with Crippen LogP contribution in [0.1, 0.15) is 36.2 Å². The van der Waals surface area contributed by atoms with Crippen molar-refractivity contribution in [3.8, 4) is 0 Å². The Morgan fingerprint density at radius 1 is 1.33 bits per heavy atom. The predicted octanol–water partition coefficient (Wildman–Crippen LogP) is 1.62. The number of hydrogen-bond acceptors (Lipinski definition) is 4. The summed E-state index contributed by atoms with van der Waals surface area (Å²) in [6.07, 6.45) is 4.90. The number of fused-ring (bicyclic) bond motifs is 2. The van der Waals surface area contributed by atoms with E-state index in [4.69, 9.17) is 9.90 Å². The van der Waals surface area contributed by atoms with Gasteiger partial charge in [0.2, 0.25) is 0 Å². The number of carboxylic acid groups (broad SMARTS) is 1. The van der Waals surface area contributed by atoms with Crippen LogP contribution in [0, 0.1) is 0 Å². The van der Waals surface area contributed by atoms with Gasteiger partial charge in [-0.15, -0.1) is 0 Å². The summed E-state index contributed by atoms with van der Waals surface area (Å²) in [6, 6.07) is 8.76. The number of piperidine rings is 1. The summed E-state index contributed by atoms with van der Waals surface area (Å²) >= 11 is 0. The number of para-hydroxylation sites is 1. The summed E-state index contributed by atoms with van der Waals surface area (Å²) in [6.45, 7) is 1.92. The zero-order chi connectivity index (χ0) is 16.9. The average molecular weight is 330 g/mol. The van der Waals surface area contributed by atoms with Crippen LogP contribution in [-0.2, 0) is 4.79 Å². The molecule has 1 amide bonds. The molecule has 0 saturated carbocycles. The van der Waals surface area contributed by atoms with Crippen molar-refractivity contribution in [1.82, 2.24) is 20.4 Å². The van der Waals surface area contributed by atoms with Crippen LogP contribution in [0.4, 0.5) is 0 Å². The Bertz CT molecular complexity index is 715. The number of rotatable bonds is 2. The molecule has 2 atom stereocenters. The first-order valence-electron chi connectivity index (χ1n) is 8.28. The first kappa shape index (κ1) is 16.4. The maximum Gasteiger partial charge on any atom is 0.290 e. The van der Waals surface area contributed by atoms with Crippen LogP contribution in [0.15, 0.2) is 24.3 Å². The largest absolute Gasteiger partial charge is 0.483 e. The van der Waals surface area contributed by atoms with Gasteiger partial charge < -0.3 is 10.4 Å². The number of H-pyrrole nitrogens is 1. The molecule has 7 nitrogen and oxygen atoms in total. The highest BCUT2D eigenvalue weighted by atomic mass is 16.3. The third kappa shape index (κ3) is 3.41. The minimum absolute atomic E-state index is 0.0601. The van der Waals surface area contributed by atoms with Gasteiger partial charge in [-0.1, -0.05) is 18.2 Å². The third-order valence-electron chi connectivity index (χ3n) is 4.82. The fourth-order valence-corrected chi connectivity index (χ4v) is 3.74. The van der Waals surface area contributed by atoms with Gasteiger partial charge in [-0.05, 0) is 38.3 Å². The van der Waals surface area contributed by atoms with E-state index in [0.29, 0.717) is 5.69 Å². The SMILES string of the molecule is O=C(N[C@H]1CC[C@@H]2CCCN2C1)c1n[nH]c2ccccc12.O=CO. The average Bonchev–Trinajstić information content (AvgIpc) is 3.21. The Morgan fingerprint density at radius 3 is 2.96 bits per heavy atom. The van der Waals surface area contributed by atoms with E-state index in [1.807, 2.05) is 24.3 Å². The van der Waals surface area contributed by atoms with Crippen molar-refractivity contribution in [2.75, 3.05) is 13.1 Å². The van der Waals surface area contributed by atoms with E-state index in [0.717, 1.165) is 29.9 Å². The van der Waals surface area contributed by atoms with E-state index in [1.165, 1.54) is 25.8 Å². The molecule has 128 valence electrons. The summed E-state index contributed by atoms with van der Waals surface area (Å²) in [5.41, 5.74) is 1.42. The molecular formula is C17H22N4O3. The number of carbonyl (C=O) groups excluding carboxylic acids is 1. The molecule has 2 aliphatic rings. The number of hydrogen-bond donors (Lipinski definition) is 3. The quantitative estimate of drug-likeness (QED) is 0.727. The van der Waals surface area contributed by atoms with Crippen LogP contribution in [0.25, 0.3) is 10.9 Å². The summed E-state index contributed by atoms with van der Waals surface area (Å²) in [7, 11) is 0. The molecular weight excluding hydrogens is 308 g/mol. The van der Waals surface area contributed by atoms with Gasteiger partial charge in [-0.25, -0.2) is 0 Å². The Labute approximate surface area is 140 Å². The molecule has 0 aliphatic carbocycles. The molecule has 1 aromatic heterocycles. The smallest absolute Gasteiger partial charge is 0.290 e. The summed E-state index contributed by atoms with van der Waals surface area (Å²) in [5.74, 6) is -0.0601. The topological polar surface area (TPSA) is 98.3 Å². The lowest BCUT2D eigenvalue weighted by molar-refractivity contribution is -0.122. The van der Waals surface area contributed by atoms with Crippen LogP contribution >= 0.6 is 0 Å². The second-order valence-corrected chi connectivity index (χ2v) is 6.26. The van der Waals surface area contributed by atoms with Crippen LogP contribution in [0.2, 0.25) is 0 Å². The van der Waals surface area contributed by atoms with Gasteiger partial charge >= 0.3 is 0 Å². The maximum atomic E-state index is 12.5. The fourth-order valence-electron chi connectivity index (χ4n) is 3.74. The van der Waals surface area contributed by atoms with Crippen molar-refractivity contribution < 1.29 is 14.7 Å². The normalized spacial score (nSPS) is 23.2. The van der Waals surface area contributed by atoms with E-state index in [1.54, 1.807) is 0 Å². The lowest BCUT2D eigenvalue weighted by Crippen LogP contribution is -2.49. The minimum Gasteiger partial charge on any atom is -0.483 e. The second-order valence-electron chi connectivity index (χ2n) is 6.26. The molecule has 2 fully saturated rings.